The molecule has 0 atom stereocenters. The lowest BCUT2D eigenvalue weighted by Crippen LogP contribution is -2.15. The Morgan fingerprint density at radius 1 is 0.909 bits per heavy atom. The monoisotopic (exact) mass is 302 g/mol. The summed E-state index contributed by atoms with van der Waals surface area (Å²) in [4.78, 5) is 0. The molecule has 0 nitrogen and oxygen atoms in total. The van der Waals surface area contributed by atoms with Gasteiger partial charge in [0.2, 0.25) is 0 Å². The molecule has 0 N–H and O–H groups in total. The second-order valence-electron chi connectivity index (χ2n) is 6.96. The van der Waals surface area contributed by atoms with Crippen LogP contribution in [0.1, 0.15) is 56.6 Å². The third-order valence-electron chi connectivity index (χ3n) is 5.37. The molecular formula is C20H24F2. The molecule has 0 saturated heterocycles. The Hall–Kier alpha value is -1.44. The molecule has 3 rings (SSSR count). The average molecular weight is 302 g/mol. The fourth-order valence-corrected chi connectivity index (χ4v) is 3.70. The molecule has 22 heavy (non-hydrogen) atoms. The Bertz CT molecular complexity index is 594. The first kappa shape index (κ1) is 15.5. The highest BCUT2D eigenvalue weighted by molar-refractivity contribution is 5.69. The van der Waals surface area contributed by atoms with Crippen LogP contribution in [0.5, 0.6) is 0 Å². The second-order valence-corrected chi connectivity index (χ2v) is 6.96. The van der Waals surface area contributed by atoms with Crippen LogP contribution in [0.25, 0.3) is 5.57 Å². The van der Waals surface area contributed by atoms with Gasteiger partial charge in [0.25, 0.3) is 0 Å². The maximum absolute atomic E-state index is 13.7. The van der Waals surface area contributed by atoms with E-state index in [1.54, 1.807) is 0 Å². The Morgan fingerprint density at radius 3 is 2.09 bits per heavy atom. The van der Waals surface area contributed by atoms with Crippen molar-refractivity contribution in [1.82, 2.24) is 0 Å². The van der Waals surface area contributed by atoms with E-state index in [-0.39, 0.29) is 5.56 Å². The minimum atomic E-state index is -0.452. The van der Waals surface area contributed by atoms with Crippen LogP contribution in [-0.2, 0) is 0 Å². The van der Waals surface area contributed by atoms with Gasteiger partial charge in [0, 0.05) is 5.56 Å². The number of allylic oxidation sites excluding steroid dienone is 4. The first-order valence-corrected chi connectivity index (χ1v) is 8.40. The topological polar surface area (TPSA) is 0 Å². The molecule has 0 aliphatic heterocycles. The highest BCUT2D eigenvalue weighted by Gasteiger charge is 2.23. The fourth-order valence-electron chi connectivity index (χ4n) is 3.70. The molecule has 2 aliphatic carbocycles. The number of halogens is 2. The Kier molecular flexibility index (Phi) is 4.46. The first-order valence-electron chi connectivity index (χ1n) is 8.40. The molecule has 0 spiro atoms. The summed E-state index contributed by atoms with van der Waals surface area (Å²) in [5.41, 5.74) is 3.37. The van der Waals surface area contributed by atoms with Crippen LogP contribution in [0.15, 0.2) is 29.9 Å². The SMILES string of the molecule is Cc1c(F)cc(C2=CC=C(C3CCC(C)CC3)CC2)cc1F. The summed E-state index contributed by atoms with van der Waals surface area (Å²) in [6, 6.07) is 2.93. The van der Waals surface area contributed by atoms with E-state index >= 15 is 0 Å². The van der Waals surface area contributed by atoms with Crippen molar-refractivity contribution in [3.63, 3.8) is 0 Å². The molecule has 1 saturated carbocycles. The number of hydrogen-bond acceptors (Lipinski definition) is 0. The highest BCUT2D eigenvalue weighted by atomic mass is 19.1. The fraction of sp³-hybridized carbons (Fsp3) is 0.500. The van der Waals surface area contributed by atoms with E-state index in [1.807, 2.05) is 0 Å². The predicted octanol–water partition coefficient (Wildman–Crippen LogP) is 6.20. The zero-order valence-electron chi connectivity index (χ0n) is 13.5. The van der Waals surface area contributed by atoms with Crippen molar-refractivity contribution >= 4 is 5.57 Å². The molecule has 2 aliphatic rings. The van der Waals surface area contributed by atoms with Crippen LogP contribution < -0.4 is 0 Å². The molecule has 0 bridgehead atoms. The van der Waals surface area contributed by atoms with Crippen LogP contribution in [0.2, 0.25) is 0 Å². The normalized spacial score (nSPS) is 25.6. The molecular weight excluding hydrogens is 278 g/mol. The summed E-state index contributed by atoms with van der Waals surface area (Å²) in [5, 5.41) is 0. The van der Waals surface area contributed by atoms with Crippen molar-refractivity contribution in [3.05, 3.63) is 52.6 Å². The summed E-state index contributed by atoms with van der Waals surface area (Å²) >= 11 is 0. The summed E-state index contributed by atoms with van der Waals surface area (Å²) in [7, 11) is 0. The van der Waals surface area contributed by atoms with Gasteiger partial charge in [-0.1, -0.05) is 37.5 Å². The molecule has 0 unspecified atom stereocenters. The van der Waals surface area contributed by atoms with E-state index in [0.29, 0.717) is 5.56 Å². The standard InChI is InChI=1S/C20H24F2/c1-13-3-5-15(6-4-13)16-7-9-17(10-8-16)18-11-19(21)14(2)20(22)12-18/h7,9,11-13,15H,3-6,8,10H2,1-2H3. The zero-order chi connectivity index (χ0) is 15.7. The number of rotatable bonds is 2. The van der Waals surface area contributed by atoms with E-state index in [0.717, 1.165) is 30.3 Å². The van der Waals surface area contributed by atoms with Crippen molar-refractivity contribution in [1.29, 1.82) is 0 Å². The molecule has 2 heteroatoms. The van der Waals surface area contributed by atoms with Gasteiger partial charge in [0.05, 0.1) is 0 Å². The van der Waals surface area contributed by atoms with Crippen LogP contribution in [0, 0.1) is 30.4 Å². The zero-order valence-corrected chi connectivity index (χ0v) is 13.5. The molecule has 0 heterocycles. The van der Waals surface area contributed by atoms with E-state index in [2.05, 4.69) is 19.1 Å². The van der Waals surface area contributed by atoms with Gasteiger partial charge < -0.3 is 0 Å². The van der Waals surface area contributed by atoms with Crippen molar-refractivity contribution in [2.75, 3.05) is 0 Å². The van der Waals surface area contributed by atoms with Gasteiger partial charge in [-0.25, -0.2) is 8.78 Å². The van der Waals surface area contributed by atoms with E-state index < -0.39 is 11.6 Å². The lowest BCUT2D eigenvalue weighted by molar-refractivity contribution is 0.316. The van der Waals surface area contributed by atoms with Crippen molar-refractivity contribution < 1.29 is 8.78 Å². The lowest BCUT2D eigenvalue weighted by Gasteiger charge is -2.29. The minimum Gasteiger partial charge on any atom is -0.207 e. The Balaban J connectivity index is 1.78. The maximum atomic E-state index is 13.7. The van der Waals surface area contributed by atoms with Gasteiger partial charge in [-0.2, -0.15) is 0 Å². The summed E-state index contributed by atoms with van der Waals surface area (Å²) in [6.45, 7) is 3.82. The van der Waals surface area contributed by atoms with Gasteiger partial charge >= 0.3 is 0 Å². The van der Waals surface area contributed by atoms with Gasteiger partial charge in [0.15, 0.2) is 0 Å². The average Bonchev–Trinajstić information content (AvgIpc) is 2.53. The van der Waals surface area contributed by atoms with Gasteiger partial charge in [0.1, 0.15) is 11.6 Å². The van der Waals surface area contributed by atoms with Crippen molar-refractivity contribution in [2.24, 2.45) is 11.8 Å². The highest BCUT2D eigenvalue weighted by Crippen LogP contribution is 2.38. The van der Waals surface area contributed by atoms with E-state index in [1.165, 1.54) is 50.3 Å². The Labute approximate surface area is 131 Å². The van der Waals surface area contributed by atoms with Crippen LogP contribution in [-0.4, -0.2) is 0 Å². The summed E-state index contributed by atoms with van der Waals surface area (Å²) in [5.74, 6) is 0.685. The van der Waals surface area contributed by atoms with Crippen molar-refractivity contribution in [3.8, 4) is 0 Å². The first-order chi connectivity index (χ1) is 10.5. The van der Waals surface area contributed by atoms with E-state index in [4.69, 9.17) is 0 Å². The lowest BCUT2D eigenvalue weighted by atomic mass is 9.76. The van der Waals surface area contributed by atoms with Crippen LogP contribution in [0.4, 0.5) is 8.78 Å². The molecule has 0 radical (unpaired) electrons. The molecule has 1 aromatic rings. The smallest absolute Gasteiger partial charge is 0.129 e. The number of benzene rings is 1. The van der Waals surface area contributed by atoms with Crippen molar-refractivity contribution in [2.45, 2.75) is 52.4 Å². The molecule has 0 amide bonds. The number of hydrogen-bond donors (Lipinski definition) is 0. The summed E-state index contributed by atoms with van der Waals surface area (Å²) in [6.07, 6.45) is 11.4. The largest absolute Gasteiger partial charge is 0.207 e. The molecule has 1 fully saturated rings. The van der Waals surface area contributed by atoms with Crippen LogP contribution >= 0.6 is 0 Å². The molecule has 1 aromatic carbocycles. The predicted molar refractivity (Wildman–Crippen MR) is 87.5 cm³/mol. The molecule has 118 valence electrons. The second kappa shape index (κ2) is 6.36. The van der Waals surface area contributed by atoms with Gasteiger partial charge in [-0.05, 0) is 67.7 Å². The Morgan fingerprint density at radius 2 is 1.55 bits per heavy atom. The van der Waals surface area contributed by atoms with E-state index in [9.17, 15) is 8.78 Å². The maximum Gasteiger partial charge on any atom is 0.129 e. The van der Waals surface area contributed by atoms with Gasteiger partial charge in [-0.15, -0.1) is 0 Å². The minimum absolute atomic E-state index is 0.104. The third kappa shape index (κ3) is 3.16. The summed E-state index contributed by atoms with van der Waals surface area (Å²) < 4.78 is 27.4. The molecule has 0 aromatic heterocycles. The van der Waals surface area contributed by atoms with Crippen LogP contribution in [0.3, 0.4) is 0 Å². The quantitative estimate of drug-likeness (QED) is 0.610. The third-order valence-corrected chi connectivity index (χ3v) is 5.37. The van der Waals surface area contributed by atoms with Gasteiger partial charge in [-0.3, -0.25) is 0 Å².